The Bertz CT molecular complexity index is 1570. The fourth-order valence-electron chi connectivity index (χ4n) is 4.38. The van der Waals surface area contributed by atoms with Gasteiger partial charge in [0.05, 0.1) is 29.4 Å². The van der Waals surface area contributed by atoms with Gasteiger partial charge in [0.1, 0.15) is 5.82 Å². The van der Waals surface area contributed by atoms with Gasteiger partial charge in [-0.05, 0) is 41.8 Å². The molecule has 0 fully saturated rings. The Labute approximate surface area is 234 Å². The van der Waals surface area contributed by atoms with Crippen molar-refractivity contribution in [2.45, 2.75) is 23.8 Å². The number of ether oxygens (including phenoxy) is 1. The van der Waals surface area contributed by atoms with Crippen LogP contribution < -0.4 is 10.9 Å². The Morgan fingerprint density at radius 1 is 1.00 bits per heavy atom. The predicted octanol–water partition coefficient (Wildman–Crippen LogP) is 6.90. The van der Waals surface area contributed by atoms with Gasteiger partial charge in [0.25, 0.3) is 5.56 Å². The highest BCUT2D eigenvalue weighted by atomic mass is 35.5. The zero-order valence-electron chi connectivity index (χ0n) is 20.3. The molecule has 0 spiro atoms. The van der Waals surface area contributed by atoms with Gasteiger partial charge in [-0.2, -0.15) is 0 Å². The van der Waals surface area contributed by atoms with E-state index in [4.69, 9.17) is 32.9 Å². The monoisotopic (exact) mass is 563 g/mol. The number of aromatic amines is 1. The Morgan fingerprint density at radius 3 is 2.42 bits per heavy atom. The standard InChI is InChI=1S/C29H23Cl2N3O3S/c1-2-37-28(36)23-22(17-12-14-20(30)15-13-17)24-26(32-25(23)18-8-4-3-5-9-18)33-29(34-27(24)35)38-16-19-10-6-7-11-21(19)31/h3-15,22H,2,16H2,1H3,(H2,32,33,34,35). The minimum absolute atomic E-state index is 0.191. The summed E-state index contributed by atoms with van der Waals surface area (Å²) in [6.45, 7) is 1.94. The van der Waals surface area contributed by atoms with E-state index >= 15 is 0 Å². The van der Waals surface area contributed by atoms with Crippen molar-refractivity contribution in [2.24, 2.45) is 0 Å². The van der Waals surface area contributed by atoms with Gasteiger partial charge in [0, 0.05) is 15.8 Å². The van der Waals surface area contributed by atoms with Gasteiger partial charge >= 0.3 is 5.97 Å². The molecule has 1 aliphatic rings. The van der Waals surface area contributed by atoms with Gasteiger partial charge in [-0.1, -0.05) is 95.6 Å². The van der Waals surface area contributed by atoms with Gasteiger partial charge in [0.15, 0.2) is 5.16 Å². The van der Waals surface area contributed by atoms with E-state index < -0.39 is 11.9 Å². The Hall–Kier alpha value is -3.52. The average molecular weight is 564 g/mol. The van der Waals surface area contributed by atoms with Crippen LogP contribution in [0.25, 0.3) is 5.70 Å². The molecule has 0 bridgehead atoms. The summed E-state index contributed by atoms with van der Waals surface area (Å²) in [5.41, 5.74) is 3.27. The van der Waals surface area contributed by atoms with Crippen molar-refractivity contribution >= 4 is 52.4 Å². The van der Waals surface area contributed by atoms with Gasteiger partial charge in [-0.25, -0.2) is 9.78 Å². The van der Waals surface area contributed by atoms with E-state index in [2.05, 4.69) is 10.3 Å². The molecule has 2 N–H and O–H groups in total. The lowest BCUT2D eigenvalue weighted by atomic mass is 9.81. The first kappa shape index (κ1) is 26.1. The third-order valence-electron chi connectivity index (χ3n) is 6.11. The second-order valence-corrected chi connectivity index (χ2v) is 10.3. The molecular formula is C29H23Cl2N3O3S. The second-order valence-electron chi connectivity index (χ2n) is 8.50. The molecule has 192 valence electrons. The number of carbonyl (C=O) groups excluding carboxylic acids is 1. The lowest BCUT2D eigenvalue weighted by molar-refractivity contribution is -0.138. The summed E-state index contributed by atoms with van der Waals surface area (Å²) < 4.78 is 5.47. The van der Waals surface area contributed by atoms with Crippen molar-refractivity contribution in [3.8, 4) is 0 Å². The third-order valence-corrected chi connectivity index (χ3v) is 7.65. The van der Waals surface area contributed by atoms with Crippen LogP contribution in [0.5, 0.6) is 0 Å². The summed E-state index contributed by atoms with van der Waals surface area (Å²) in [5.74, 6) is -0.336. The number of esters is 1. The number of nitrogens with one attached hydrogen (secondary N) is 2. The first-order valence-electron chi connectivity index (χ1n) is 12.0. The van der Waals surface area contributed by atoms with Crippen molar-refractivity contribution in [3.05, 3.63) is 127 Å². The molecule has 0 saturated heterocycles. The van der Waals surface area contributed by atoms with Crippen molar-refractivity contribution < 1.29 is 9.53 Å². The number of halogens is 2. The summed E-state index contributed by atoms with van der Waals surface area (Å²) in [5, 5.41) is 4.92. The van der Waals surface area contributed by atoms with Crippen LogP contribution in [0.3, 0.4) is 0 Å². The molecule has 0 aliphatic carbocycles. The number of H-pyrrole nitrogens is 1. The van der Waals surface area contributed by atoms with Crippen molar-refractivity contribution in [1.82, 2.24) is 9.97 Å². The maximum Gasteiger partial charge on any atom is 0.337 e. The second kappa shape index (κ2) is 11.5. The highest BCUT2D eigenvalue weighted by Crippen LogP contribution is 2.43. The quantitative estimate of drug-likeness (QED) is 0.144. The molecular weight excluding hydrogens is 541 g/mol. The van der Waals surface area contributed by atoms with E-state index in [1.54, 1.807) is 19.1 Å². The molecule has 0 radical (unpaired) electrons. The normalized spacial score (nSPS) is 14.6. The van der Waals surface area contributed by atoms with Gasteiger partial charge in [-0.3, -0.25) is 4.79 Å². The number of nitrogens with zero attached hydrogens (tertiary/aromatic N) is 1. The van der Waals surface area contributed by atoms with Crippen LogP contribution in [0.2, 0.25) is 10.0 Å². The minimum atomic E-state index is -0.725. The number of hydrogen-bond donors (Lipinski definition) is 2. The number of fused-ring (bicyclic) bond motifs is 1. The highest BCUT2D eigenvalue weighted by Gasteiger charge is 2.38. The van der Waals surface area contributed by atoms with Crippen LogP contribution in [0.4, 0.5) is 5.82 Å². The van der Waals surface area contributed by atoms with E-state index in [0.717, 1.165) is 16.7 Å². The Morgan fingerprint density at radius 2 is 1.71 bits per heavy atom. The summed E-state index contributed by atoms with van der Waals surface area (Å²) in [4.78, 5) is 34.7. The number of carbonyl (C=O) groups is 1. The molecule has 4 aromatic rings. The smallest absolute Gasteiger partial charge is 0.337 e. The van der Waals surface area contributed by atoms with Gasteiger partial charge < -0.3 is 15.0 Å². The molecule has 6 nitrogen and oxygen atoms in total. The minimum Gasteiger partial charge on any atom is -0.463 e. The van der Waals surface area contributed by atoms with E-state index in [1.807, 2.05) is 66.7 Å². The lowest BCUT2D eigenvalue weighted by Gasteiger charge is -2.30. The summed E-state index contributed by atoms with van der Waals surface area (Å²) in [6, 6.07) is 24.1. The molecule has 2 heterocycles. The Kier molecular flexibility index (Phi) is 7.88. The predicted molar refractivity (Wildman–Crippen MR) is 153 cm³/mol. The van der Waals surface area contributed by atoms with Crippen LogP contribution in [0.15, 0.2) is 94.4 Å². The zero-order chi connectivity index (χ0) is 26.6. The van der Waals surface area contributed by atoms with Gasteiger partial charge in [0.2, 0.25) is 0 Å². The summed E-state index contributed by atoms with van der Waals surface area (Å²) in [7, 11) is 0. The molecule has 5 rings (SSSR count). The topological polar surface area (TPSA) is 84.1 Å². The molecule has 1 aromatic heterocycles. The number of benzene rings is 3. The van der Waals surface area contributed by atoms with E-state index in [-0.39, 0.29) is 12.2 Å². The van der Waals surface area contributed by atoms with E-state index in [0.29, 0.717) is 43.6 Å². The lowest BCUT2D eigenvalue weighted by Crippen LogP contribution is -2.31. The van der Waals surface area contributed by atoms with Crippen molar-refractivity contribution in [2.75, 3.05) is 11.9 Å². The first-order valence-corrected chi connectivity index (χ1v) is 13.7. The number of thioether (sulfide) groups is 1. The SMILES string of the molecule is CCOC(=O)C1=C(c2ccccc2)Nc2nc(SCc3ccccc3Cl)[nH]c(=O)c2C1c1ccc(Cl)cc1. The van der Waals surface area contributed by atoms with Crippen LogP contribution in [-0.2, 0) is 15.3 Å². The number of aromatic nitrogens is 2. The number of anilines is 1. The highest BCUT2D eigenvalue weighted by molar-refractivity contribution is 7.98. The van der Waals surface area contributed by atoms with Crippen molar-refractivity contribution in [1.29, 1.82) is 0 Å². The maximum atomic E-state index is 13.6. The number of hydrogen-bond acceptors (Lipinski definition) is 6. The molecule has 9 heteroatoms. The average Bonchev–Trinajstić information content (AvgIpc) is 2.92. The molecule has 1 atom stereocenters. The Balaban J connectivity index is 1.66. The number of rotatable bonds is 7. The molecule has 1 unspecified atom stereocenters. The van der Waals surface area contributed by atoms with Crippen LogP contribution in [-0.4, -0.2) is 22.5 Å². The summed E-state index contributed by atoms with van der Waals surface area (Å²) in [6.07, 6.45) is 0. The van der Waals surface area contributed by atoms with Gasteiger partial charge in [-0.15, -0.1) is 0 Å². The van der Waals surface area contributed by atoms with Crippen LogP contribution in [0.1, 0.15) is 35.1 Å². The molecule has 3 aromatic carbocycles. The maximum absolute atomic E-state index is 13.6. The molecule has 0 saturated carbocycles. The van der Waals surface area contributed by atoms with Crippen molar-refractivity contribution in [3.63, 3.8) is 0 Å². The van der Waals surface area contributed by atoms with E-state index in [1.165, 1.54) is 11.8 Å². The molecule has 0 amide bonds. The summed E-state index contributed by atoms with van der Waals surface area (Å²) >= 11 is 13.8. The van der Waals surface area contributed by atoms with Crippen LogP contribution >= 0.6 is 35.0 Å². The van der Waals surface area contributed by atoms with Crippen LogP contribution in [0, 0.1) is 0 Å². The molecule has 38 heavy (non-hydrogen) atoms. The molecule has 1 aliphatic heterocycles. The van der Waals surface area contributed by atoms with E-state index in [9.17, 15) is 9.59 Å². The zero-order valence-corrected chi connectivity index (χ0v) is 22.7. The fourth-order valence-corrected chi connectivity index (χ4v) is 5.65. The largest absolute Gasteiger partial charge is 0.463 e. The third kappa shape index (κ3) is 5.36. The fraction of sp³-hybridized carbons (Fsp3) is 0.138. The first-order chi connectivity index (χ1) is 18.5.